The first kappa shape index (κ1) is 18.8. The fraction of sp³-hybridized carbons (Fsp3) is 0.211. The fourth-order valence-electron chi connectivity index (χ4n) is 2.49. The number of rotatable bonds is 6. The molecule has 2 N–H and O–H groups in total. The number of amides is 2. The molecular formula is C19H19N3O4S. The Morgan fingerprint density at radius 2 is 1.96 bits per heavy atom. The number of nitrogens with zero attached hydrogens (tertiary/aromatic N) is 1. The van der Waals surface area contributed by atoms with E-state index in [9.17, 15) is 9.59 Å². The Bertz CT molecular complexity index is 871. The number of ether oxygens (including phenoxy) is 2. The van der Waals surface area contributed by atoms with Gasteiger partial charge >= 0.3 is 0 Å². The highest BCUT2D eigenvalue weighted by Crippen LogP contribution is 2.30. The van der Waals surface area contributed by atoms with E-state index in [1.54, 1.807) is 25.3 Å². The molecule has 3 rings (SSSR count). The highest BCUT2D eigenvalue weighted by Gasteiger charge is 2.32. The Kier molecular flexibility index (Phi) is 5.97. The molecule has 1 saturated heterocycles. The fourth-order valence-corrected chi connectivity index (χ4v) is 3.48. The molecule has 0 radical (unpaired) electrons. The topological polar surface area (TPSA) is 89.0 Å². The molecule has 2 aromatic rings. The van der Waals surface area contributed by atoms with Gasteiger partial charge in [-0.25, -0.2) is 4.99 Å². The number of carbonyl (C=O) groups is 2. The van der Waals surface area contributed by atoms with Crippen molar-refractivity contribution in [3.05, 3.63) is 48.5 Å². The largest absolute Gasteiger partial charge is 0.497 e. The Hall–Kier alpha value is -3.00. The number of para-hydroxylation sites is 1. The number of thioether (sulfide) groups is 1. The lowest BCUT2D eigenvalue weighted by Crippen LogP contribution is -2.28. The first-order chi connectivity index (χ1) is 13.1. The average molecular weight is 385 g/mol. The molecule has 1 fully saturated rings. The van der Waals surface area contributed by atoms with E-state index in [-0.39, 0.29) is 18.2 Å². The normalized spacial score (nSPS) is 17.5. The second kappa shape index (κ2) is 8.59. The van der Waals surface area contributed by atoms with Crippen molar-refractivity contribution in [1.29, 1.82) is 0 Å². The van der Waals surface area contributed by atoms with E-state index in [0.717, 1.165) is 5.69 Å². The van der Waals surface area contributed by atoms with Crippen molar-refractivity contribution in [3.8, 4) is 11.5 Å². The van der Waals surface area contributed by atoms with Crippen LogP contribution >= 0.6 is 11.8 Å². The summed E-state index contributed by atoms with van der Waals surface area (Å²) in [6, 6.07) is 14.4. The number of aliphatic imine (C=N–C) groups is 1. The number of carbonyl (C=O) groups excluding carboxylic acids is 2. The maximum atomic E-state index is 12.4. The first-order valence-electron chi connectivity index (χ1n) is 8.22. The molecule has 0 aromatic heterocycles. The van der Waals surface area contributed by atoms with Gasteiger partial charge < -0.3 is 20.1 Å². The molecule has 2 aromatic carbocycles. The molecular weight excluding hydrogens is 366 g/mol. The Morgan fingerprint density at radius 3 is 2.67 bits per heavy atom. The van der Waals surface area contributed by atoms with E-state index >= 15 is 0 Å². The zero-order chi connectivity index (χ0) is 19.2. The molecule has 27 heavy (non-hydrogen) atoms. The number of benzene rings is 2. The second-order valence-corrected chi connectivity index (χ2v) is 6.86. The molecule has 1 aliphatic heterocycles. The summed E-state index contributed by atoms with van der Waals surface area (Å²) < 4.78 is 10.4. The van der Waals surface area contributed by atoms with Crippen LogP contribution in [0.1, 0.15) is 6.42 Å². The van der Waals surface area contributed by atoms with E-state index in [1.165, 1.54) is 18.9 Å². The summed E-state index contributed by atoms with van der Waals surface area (Å²) in [4.78, 5) is 28.9. The van der Waals surface area contributed by atoms with Crippen molar-refractivity contribution < 1.29 is 19.1 Å². The summed E-state index contributed by atoms with van der Waals surface area (Å²) in [5, 5.41) is 5.43. The molecule has 2 amide bonds. The highest BCUT2D eigenvalue weighted by atomic mass is 32.2. The molecule has 1 aliphatic rings. The van der Waals surface area contributed by atoms with Gasteiger partial charge in [-0.15, -0.1) is 0 Å². The molecule has 1 heterocycles. The van der Waals surface area contributed by atoms with Gasteiger partial charge in [0.25, 0.3) is 0 Å². The summed E-state index contributed by atoms with van der Waals surface area (Å²) in [6.07, 6.45) is 0.0185. The SMILES string of the molecule is COc1ccc(OC)c(NC(=O)C[C@@H]2SC(=Nc3ccccc3)NC2=O)c1. The van der Waals surface area contributed by atoms with Gasteiger partial charge in [0.05, 0.1) is 25.6 Å². The molecule has 0 unspecified atom stereocenters. The van der Waals surface area contributed by atoms with Crippen LogP contribution < -0.4 is 20.1 Å². The van der Waals surface area contributed by atoms with Crippen molar-refractivity contribution in [2.45, 2.75) is 11.7 Å². The van der Waals surface area contributed by atoms with Crippen molar-refractivity contribution in [3.63, 3.8) is 0 Å². The smallest absolute Gasteiger partial charge is 0.240 e. The lowest BCUT2D eigenvalue weighted by atomic mass is 10.2. The molecule has 8 heteroatoms. The third kappa shape index (κ3) is 4.79. The van der Waals surface area contributed by atoms with Crippen LogP contribution in [0.4, 0.5) is 11.4 Å². The van der Waals surface area contributed by atoms with Crippen molar-refractivity contribution >= 4 is 40.1 Å². The quantitative estimate of drug-likeness (QED) is 0.798. The minimum Gasteiger partial charge on any atom is -0.497 e. The third-order valence-corrected chi connectivity index (χ3v) is 4.90. The highest BCUT2D eigenvalue weighted by molar-refractivity contribution is 8.15. The van der Waals surface area contributed by atoms with Crippen LogP contribution in [0.2, 0.25) is 0 Å². The van der Waals surface area contributed by atoms with Gasteiger partial charge in [-0.2, -0.15) is 0 Å². The average Bonchev–Trinajstić information content (AvgIpc) is 3.01. The minimum atomic E-state index is -0.538. The molecule has 0 saturated carbocycles. The van der Waals surface area contributed by atoms with Gasteiger partial charge in [0.2, 0.25) is 11.8 Å². The number of methoxy groups -OCH3 is 2. The minimum absolute atomic E-state index is 0.0185. The van der Waals surface area contributed by atoms with Gasteiger partial charge in [0.1, 0.15) is 16.7 Å². The maximum absolute atomic E-state index is 12.4. The lowest BCUT2D eigenvalue weighted by Gasteiger charge is -2.12. The number of hydrogen-bond donors (Lipinski definition) is 2. The molecule has 140 valence electrons. The van der Waals surface area contributed by atoms with E-state index in [0.29, 0.717) is 22.4 Å². The predicted molar refractivity (Wildman–Crippen MR) is 106 cm³/mol. The Labute approximate surface area is 161 Å². The number of hydrogen-bond acceptors (Lipinski definition) is 6. The van der Waals surface area contributed by atoms with E-state index < -0.39 is 5.25 Å². The van der Waals surface area contributed by atoms with Gasteiger partial charge in [0, 0.05) is 12.5 Å². The van der Waals surface area contributed by atoms with E-state index in [4.69, 9.17) is 9.47 Å². The van der Waals surface area contributed by atoms with Crippen LogP contribution in [-0.2, 0) is 9.59 Å². The third-order valence-electron chi connectivity index (χ3n) is 3.81. The van der Waals surface area contributed by atoms with Crippen LogP contribution in [0, 0.1) is 0 Å². The summed E-state index contributed by atoms with van der Waals surface area (Å²) in [5.41, 5.74) is 1.23. The standard InChI is InChI=1S/C19H19N3O4S/c1-25-13-8-9-15(26-2)14(10-13)21-17(23)11-16-18(24)22-19(27-16)20-12-6-4-3-5-7-12/h3-10,16H,11H2,1-2H3,(H,21,23)(H,20,22,24)/t16-/m0/s1. The molecule has 0 aliphatic carbocycles. The summed E-state index contributed by atoms with van der Waals surface area (Å²) in [6.45, 7) is 0. The van der Waals surface area contributed by atoms with Crippen LogP contribution in [0.15, 0.2) is 53.5 Å². The Balaban J connectivity index is 1.65. The number of nitrogens with one attached hydrogen (secondary N) is 2. The summed E-state index contributed by atoms with van der Waals surface area (Å²) in [5.74, 6) is 0.577. The van der Waals surface area contributed by atoms with Gasteiger partial charge in [-0.3, -0.25) is 9.59 Å². The predicted octanol–water partition coefficient (Wildman–Crippen LogP) is 2.95. The summed E-state index contributed by atoms with van der Waals surface area (Å²) in [7, 11) is 3.06. The zero-order valence-corrected chi connectivity index (χ0v) is 15.7. The number of amidine groups is 1. The first-order valence-corrected chi connectivity index (χ1v) is 9.10. The van der Waals surface area contributed by atoms with Crippen molar-refractivity contribution in [2.24, 2.45) is 4.99 Å². The maximum Gasteiger partial charge on any atom is 0.240 e. The van der Waals surface area contributed by atoms with Crippen LogP contribution in [-0.4, -0.2) is 36.5 Å². The van der Waals surface area contributed by atoms with Gasteiger partial charge in [-0.1, -0.05) is 30.0 Å². The van der Waals surface area contributed by atoms with Gasteiger partial charge in [-0.05, 0) is 24.3 Å². The lowest BCUT2D eigenvalue weighted by molar-refractivity contribution is -0.122. The van der Waals surface area contributed by atoms with Gasteiger partial charge in [0.15, 0.2) is 5.17 Å². The van der Waals surface area contributed by atoms with E-state index in [1.807, 2.05) is 30.3 Å². The van der Waals surface area contributed by atoms with Crippen molar-refractivity contribution in [1.82, 2.24) is 5.32 Å². The van der Waals surface area contributed by atoms with Crippen LogP contribution in [0.5, 0.6) is 11.5 Å². The summed E-state index contributed by atoms with van der Waals surface area (Å²) >= 11 is 1.24. The van der Waals surface area contributed by atoms with E-state index in [2.05, 4.69) is 15.6 Å². The zero-order valence-electron chi connectivity index (χ0n) is 14.9. The molecule has 0 bridgehead atoms. The molecule has 0 spiro atoms. The number of anilines is 1. The Morgan fingerprint density at radius 1 is 1.19 bits per heavy atom. The monoisotopic (exact) mass is 385 g/mol. The molecule has 1 atom stereocenters. The molecule has 7 nitrogen and oxygen atoms in total. The van der Waals surface area contributed by atoms with Crippen LogP contribution in [0.25, 0.3) is 0 Å². The van der Waals surface area contributed by atoms with Crippen LogP contribution in [0.3, 0.4) is 0 Å². The van der Waals surface area contributed by atoms with Crippen molar-refractivity contribution in [2.75, 3.05) is 19.5 Å². The second-order valence-electron chi connectivity index (χ2n) is 5.67.